The van der Waals surface area contributed by atoms with Crippen LogP contribution in [0.5, 0.6) is 0 Å². The van der Waals surface area contributed by atoms with Crippen LogP contribution in [0.3, 0.4) is 0 Å². The van der Waals surface area contributed by atoms with Crippen LogP contribution in [0.4, 0.5) is 15.8 Å². The van der Waals surface area contributed by atoms with Crippen molar-refractivity contribution >= 4 is 27.3 Å². The number of halogens is 1. The molecule has 1 atom stereocenters. The second kappa shape index (κ2) is 7.65. The van der Waals surface area contributed by atoms with E-state index in [1.54, 1.807) is 0 Å². The molecule has 0 aliphatic rings. The molecule has 0 aliphatic carbocycles. The van der Waals surface area contributed by atoms with Crippen LogP contribution < -0.4 is 10.0 Å². The van der Waals surface area contributed by atoms with E-state index in [9.17, 15) is 17.6 Å². The average molecular weight is 364 g/mol. The molecule has 134 valence electrons. The number of benzene rings is 2. The largest absolute Gasteiger partial charge is 0.325 e. The number of carbonyl (C=O) groups excluding carboxylic acids is 1. The van der Waals surface area contributed by atoms with Crippen molar-refractivity contribution in [2.75, 3.05) is 15.8 Å². The molecule has 2 rings (SSSR count). The van der Waals surface area contributed by atoms with Crippen LogP contribution in [-0.2, 0) is 14.8 Å². The zero-order valence-corrected chi connectivity index (χ0v) is 15.2. The molecule has 2 N–H and O–H groups in total. The topological polar surface area (TPSA) is 75.3 Å². The number of para-hydroxylation sites is 1. The van der Waals surface area contributed by atoms with E-state index >= 15 is 0 Å². The fourth-order valence-electron chi connectivity index (χ4n) is 2.44. The van der Waals surface area contributed by atoms with Gasteiger partial charge in [0.05, 0.1) is 17.4 Å². The summed E-state index contributed by atoms with van der Waals surface area (Å²) in [6.45, 7) is 5.28. The molecule has 1 amide bonds. The van der Waals surface area contributed by atoms with Crippen LogP contribution in [0.25, 0.3) is 0 Å². The van der Waals surface area contributed by atoms with Crippen molar-refractivity contribution in [3.05, 3.63) is 59.4 Å². The highest BCUT2D eigenvalue weighted by Gasteiger charge is 2.22. The number of hydrogen-bond donors (Lipinski definition) is 2. The predicted octanol–water partition coefficient (Wildman–Crippen LogP) is 3.46. The van der Waals surface area contributed by atoms with E-state index in [0.717, 1.165) is 17.2 Å². The van der Waals surface area contributed by atoms with Gasteiger partial charge in [0.15, 0.2) is 0 Å². The molecule has 0 bridgehead atoms. The maximum atomic E-state index is 13.2. The number of nitrogens with one attached hydrogen (secondary N) is 2. The van der Waals surface area contributed by atoms with Gasteiger partial charge in [-0.05, 0) is 43.2 Å². The van der Waals surface area contributed by atoms with Gasteiger partial charge in [-0.2, -0.15) is 0 Å². The average Bonchev–Trinajstić information content (AvgIpc) is 2.49. The highest BCUT2D eigenvalue weighted by atomic mass is 32.2. The van der Waals surface area contributed by atoms with E-state index in [1.165, 1.54) is 25.1 Å². The number of carbonyl (C=O) groups is 1. The van der Waals surface area contributed by atoms with Gasteiger partial charge in [-0.25, -0.2) is 12.8 Å². The maximum Gasteiger partial charge on any atom is 0.233 e. The molecular weight excluding hydrogens is 343 g/mol. The summed E-state index contributed by atoms with van der Waals surface area (Å²) in [6.07, 6.45) is 0. The third-order valence-corrected chi connectivity index (χ3v) is 5.23. The molecule has 7 heteroatoms. The van der Waals surface area contributed by atoms with Gasteiger partial charge in [-0.1, -0.05) is 31.2 Å². The first-order valence-corrected chi connectivity index (χ1v) is 9.46. The third kappa shape index (κ3) is 5.29. The molecule has 0 saturated carbocycles. The van der Waals surface area contributed by atoms with Crippen LogP contribution in [-0.4, -0.2) is 20.1 Å². The summed E-state index contributed by atoms with van der Waals surface area (Å²) in [5.41, 5.74) is 2.62. The summed E-state index contributed by atoms with van der Waals surface area (Å²) >= 11 is 0. The Balaban J connectivity index is 2.05. The Bertz CT molecular complexity index is 861. The molecule has 2 aromatic rings. The van der Waals surface area contributed by atoms with Gasteiger partial charge >= 0.3 is 0 Å². The Kier molecular flexibility index (Phi) is 5.79. The Morgan fingerprint density at radius 1 is 1.12 bits per heavy atom. The molecule has 0 saturated heterocycles. The molecule has 1 unspecified atom stereocenters. The Morgan fingerprint density at radius 3 is 2.32 bits per heavy atom. The minimum absolute atomic E-state index is 0.127. The summed E-state index contributed by atoms with van der Waals surface area (Å²) < 4.78 is 39.8. The van der Waals surface area contributed by atoms with Crippen LogP contribution in [0.15, 0.2) is 42.5 Å². The van der Waals surface area contributed by atoms with Gasteiger partial charge in [0.25, 0.3) is 0 Å². The summed E-state index contributed by atoms with van der Waals surface area (Å²) in [5, 5.41) is 2.78. The lowest BCUT2D eigenvalue weighted by Gasteiger charge is -2.16. The Hall–Kier alpha value is -2.41. The van der Waals surface area contributed by atoms with Crippen molar-refractivity contribution in [3.8, 4) is 0 Å². The SMILES string of the molecule is Cc1cccc(C)c1NC(=O)C(C)CS(=O)(=O)Nc1cccc(F)c1. The lowest BCUT2D eigenvalue weighted by atomic mass is 10.1. The lowest BCUT2D eigenvalue weighted by Crippen LogP contribution is -2.30. The van der Waals surface area contributed by atoms with E-state index in [4.69, 9.17) is 0 Å². The fraction of sp³-hybridized carbons (Fsp3) is 0.278. The van der Waals surface area contributed by atoms with Gasteiger partial charge in [-0.15, -0.1) is 0 Å². The normalized spacial score (nSPS) is 12.5. The Morgan fingerprint density at radius 2 is 1.72 bits per heavy atom. The second-order valence-electron chi connectivity index (χ2n) is 6.05. The van der Waals surface area contributed by atoms with Crippen molar-refractivity contribution in [1.29, 1.82) is 0 Å². The van der Waals surface area contributed by atoms with Gasteiger partial charge in [0.1, 0.15) is 5.82 Å². The number of sulfonamides is 1. The minimum atomic E-state index is -3.79. The Labute approximate surface area is 147 Å². The predicted molar refractivity (Wildman–Crippen MR) is 97.5 cm³/mol. The summed E-state index contributed by atoms with van der Waals surface area (Å²) in [5.74, 6) is -2.10. The zero-order chi connectivity index (χ0) is 18.6. The smallest absolute Gasteiger partial charge is 0.233 e. The highest BCUT2D eigenvalue weighted by molar-refractivity contribution is 7.92. The molecule has 0 heterocycles. The van der Waals surface area contributed by atoms with Crippen molar-refractivity contribution in [1.82, 2.24) is 0 Å². The van der Waals surface area contributed by atoms with E-state index in [0.29, 0.717) is 5.69 Å². The van der Waals surface area contributed by atoms with Crippen LogP contribution >= 0.6 is 0 Å². The van der Waals surface area contributed by atoms with Crippen LogP contribution in [0.2, 0.25) is 0 Å². The first-order valence-electron chi connectivity index (χ1n) is 7.81. The van der Waals surface area contributed by atoms with Crippen LogP contribution in [0.1, 0.15) is 18.1 Å². The molecule has 5 nitrogen and oxygen atoms in total. The number of rotatable bonds is 6. The van der Waals surface area contributed by atoms with Gasteiger partial charge in [0.2, 0.25) is 15.9 Å². The molecule has 0 radical (unpaired) electrons. The molecule has 0 aromatic heterocycles. The molecule has 0 aliphatic heterocycles. The number of amides is 1. The fourth-order valence-corrected chi connectivity index (χ4v) is 3.82. The van der Waals surface area contributed by atoms with Crippen LogP contribution in [0, 0.1) is 25.6 Å². The van der Waals surface area contributed by atoms with Gasteiger partial charge in [-0.3, -0.25) is 9.52 Å². The summed E-state index contributed by atoms with van der Waals surface area (Å²) in [7, 11) is -3.79. The number of hydrogen-bond acceptors (Lipinski definition) is 3. The lowest BCUT2D eigenvalue weighted by molar-refractivity contribution is -0.118. The van der Waals surface area contributed by atoms with Crippen molar-refractivity contribution in [3.63, 3.8) is 0 Å². The monoisotopic (exact) mass is 364 g/mol. The second-order valence-corrected chi connectivity index (χ2v) is 7.82. The van der Waals surface area contributed by atoms with Crippen molar-refractivity contribution < 1.29 is 17.6 Å². The third-order valence-electron chi connectivity index (χ3n) is 3.74. The quantitative estimate of drug-likeness (QED) is 0.824. The van der Waals surface area contributed by atoms with E-state index in [-0.39, 0.29) is 11.6 Å². The summed E-state index contributed by atoms with van der Waals surface area (Å²) in [4.78, 5) is 12.3. The van der Waals surface area contributed by atoms with E-state index < -0.39 is 27.5 Å². The molecule has 2 aromatic carbocycles. The molecular formula is C18H21FN2O3S. The first kappa shape index (κ1) is 18.9. The maximum absolute atomic E-state index is 13.2. The minimum Gasteiger partial charge on any atom is -0.325 e. The first-order chi connectivity index (χ1) is 11.7. The van der Waals surface area contributed by atoms with E-state index in [1.807, 2.05) is 32.0 Å². The highest BCUT2D eigenvalue weighted by Crippen LogP contribution is 2.20. The molecule has 0 fully saturated rings. The van der Waals surface area contributed by atoms with Gasteiger partial charge in [0, 0.05) is 5.69 Å². The van der Waals surface area contributed by atoms with Crippen molar-refractivity contribution in [2.45, 2.75) is 20.8 Å². The standard InChI is InChI=1S/C18H21FN2O3S/c1-12-6-4-7-13(2)17(12)20-18(22)14(3)11-25(23,24)21-16-9-5-8-15(19)10-16/h4-10,14,21H,11H2,1-3H3,(H,20,22). The number of aryl methyl sites for hydroxylation is 2. The number of anilines is 2. The van der Waals surface area contributed by atoms with E-state index in [2.05, 4.69) is 10.0 Å². The zero-order valence-electron chi connectivity index (χ0n) is 14.3. The van der Waals surface area contributed by atoms with Crippen molar-refractivity contribution in [2.24, 2.45) is 5.92 Å². The summed E-state index contributed by atoms with van der Waals surface area (Å²) in [6, 6.07) is 10.8. The molecule has 25 heavy (non-hydrogen) atoms. The van der Waals surface area contributed by atoms with Gasteiger partial charge < -0.3 is 5.32 Å². The molecule has 0 spiro atoms.